The highest BCUT2D eigenvalue weighted by Gasteiger charge is 2.23. The van der Waals surface area contributed by atoms with E-state index in [0.717, 1.165) is 63.1 Å². The number of carbonyl (C=O) groups excluding carboxylic acids is 1. The summed E-state index contributed by atoms with van der Waals surface area (Å²) < 4.78 is 13.3. The molecule has 158 valence electrons. The monoisotopic (exact) mass is 400 g/mol. The van der Waals surface area contributed by atoms with E-state index in [1.54, 1.807) is 12.1 Å². The van der Waals surface area contributed by atoms with Crippen LogP contribution in [0.3, 0.4) is 0 Å². The molecule has 5 nitrogen and oxygen atoms in total. The van der Waals surface area contributed by atoms with Gasteiger partial charge in [0.05, 0.1) is 0 Å². The number of amides is 1. The van der Waals surface area contributed by atoms with Crippen molar-refractivity contribution in [2.45, 2.75) is 39.5 Å². The zero-order valence-corrected chi connectivity index (χ0v) is 17.8. The smallest absolute Gasteiger partial charge is 0.274 e. The number of nitrogens with one attached hydrogen (secondary N) is 1. The van der Waals surface area contributed by atoms with Crippen molar-refractivity contribution >= 4 is 5.91 Å². The minimum Gasteiger partial charge on any atom is -0.340 e. The molecule has 29 heavy (non-hydrogen) atoms. The number of benzene rings is 1. The average molecular weight is 401 g/mol. The fourth-order valence-electron chi connectivity index (χ4n) is 4.05. The maximum atomic E-state index is 13.3. The van der Waals surface area contributed by atoms with E-state index in [1.165, 1.54) is 6.07 Å². The number of aromatic amines is 1. The van der Waals surface area contributed by atoms with Gasteiger partial charge in [-0.3, -0.25) is 9.89 Å². The Bertz CT molecular complexity index is 796. The van der Waals surface area contributed by atoms with Crippen molar-refractivity contribution in [3.05, 3.63) is 53.1 Å². The molecule has 0 saturated carbocycles. The zero-order valence-electron chi connectivity index (χ0n) is 17.8. The van der Waals surface area contributed by atoms with Crippen LogP contribution in [0.15, 0.2) is 30.3 Å². The molecule has 0 radical (unpaired) electrons. The lowest BCUT2D eigenvalue weighted by Gasteiger charge is -2.33. The maximum absolute atomic E-state index is 13.3. The number of nitrogens with zero attached hydrogens (tertiary/aromatic N) is 3. The normalized spacial score (nSPS) is 15.8. The predicted molar refractivity (Wildman–Crippen MR) is 113 cm³/mol. The van der Waals surface area contributed by atoms with Gasteiger partial charge in [-0.2, -0.15) is 5.10 Å². The average Bonchev–Trinajstić information content (AvgIpc) is 3.14. The van der Waals surface area contributed by atoms with Gasteiger partial charge in [-0.05, 0) is 74.4 Å². The van der Waals surface area contributed by atoms with Crippen LogP contribution in [0.4, 0.5) is 4.39 Å². The zero-order chi connectivity index (χ0) is 20.8. The molecular formula is C23H33FN4O. The summed E-state index contributed by atoms with van der Waals surface area (Å²) in [4.78, 5) is 16.9. The Morgan fingerprint density at radius 2 is 2.07 bits per heavy atom. The molecule has 0 aliphatic carbocycles. The number of halogens is 1. The highest BCUT2D eigenvalue weighted by Crippen LogP contribution is 2.19. The first-order valence-electron chi connectivity index (χ1n) is 10.7. The second kappa shape index (κ2) is 10.0. The molecule has 0 spiro atoms. The van der Waals surface area contributed by atoms with Crippen LogP contribution in [-0.2, 0) is 12.8 Å². The van der Waals surface area contributed by atoms with Crippen molar-refractivity contribution in [2.24, 2.45) is 11.8 Å². The summed E-state index contributed by atoms with van der Waals surface area (Å²) in [7, 11) is 1.87. The van der Waals surface area contributed by atoms with Crippen LogP contribution < -0.4 is 0 Å². The summed E-state index contributed by atoms with van der Waals surface area (Å²) in [6.07, 6.45) is 3.94. The van der Waals surface area contributed by atoms with Gasteiger partial charge in [0.25, 0.3) is 5.91 Å². The molecule has 2 aromatic rings. The minimum absolute atomic E-state index is 0.00945. The van der Waals surface area contributed by atoms with E-state index in [-0.39, 0.29) is 11.7 Å². The van der Waals surface area contributed by atoms with Gasteiger partial charge in [-0.1, -0.05) is 26.0 Å². The second-order valence-electron chi connectivity index (χ2n) is 8.73. The Balaban J connectivity index is 1.41. The first-order valence-corrected chi connectivity index (χ1v) is 10.7. The number of aromatic nitrogens is 2. The summed E-state index contributed by atoms with van der Waals surface area (Å²) in [6.45, 7) is 8.09. The fourth-order valence-corrected chi connectivity index (χ4v) is 4.05. The lowest BCUT2D eigenvalue weighted by molar-refractivity contribution is 0.0734. The third kappa shape index (κ3) is 6.39. The van der Waals surface area contributed by atoms with Crippen LogP contribution >= 0.6 is 0 Å². The quantitative estimate of drug-likeness (QED) is 0.734. The molecular weight excluding hydrogens is 367 g/mol. The summed E-state index contributed by atoms with van der Waals surface area (Å²) in [5, 5.41) is 7.19. The predicted octanol–water partition coefficient (Wildman–Crippen LogP) is 3.77. The molecule has 1 N–H and O–H groups in total. The van der Waals surface area contributed by atoms with Crippen molar-refractivity contribution in [3.63, 3.8) is 0 Å². The number of rotatable bonds is 8. The van der Waals surface area contributed by atoms with E-state index in [4.69, 9.17) is 0 Å². The molecule has 0 atom stereocenters. The molecule has 1 aliphatic heterocycles. The van der Waals surface area contributed by atoms with E-state index >= 15 is 0 Å². The van der Waals surface area contributed by atoms with Gasteiger partial charge in [0.1, 0.15) is 11.5 Å². The largest absolute Gasteiger partial charge is 0.340 e. The highest BCUT2D eigenvalue weighted by atomic mass is 19.1. The Morgan fingerprint density at radius 1 is 1.31 bits per heavy atom. The Kier molecular flexibility index (Phi) is 7.42. The van der Waals surface area contributed by atoms with Crippen LogP contribution in [0.25, 0.3) is 0 Å². The fraction of sp³-hybridized carbons (Fsp3) is 0.565. The molecule has 1 aromatic carbocycles. The summed E-state index contributed by atoms with van der Waals surface area (Å²) in [6, 6.07) is 8.75. The standard InChI is InChI=1S/C23H33FN4O/c1-17(2)13-21-15-22(26-25-21)23(29)27(3)16-19-8-11-28(12-9-19)10-7-18-5-4-6-20(24)14-18/h4-6,14-15,17,19H,7-13,16H2,1-3H3,(H,25,26). The molecule has 1 aliphatic rings. The van der Waals surface area contributed by atoms with E-state index in [1.807, 2.05) is 24.1 Å². The van der Waals surface area contributed by atoms with Crippen LogP contribution in [0.5, 0.6) is 0 Å². The second-order valence-corrected chi connectivity index (χ2v) is 8.73. The van der Waals surface area contributed by atoms with E-state index < -0.39 is 0 Å². The van der Waals surface area contributed by atoms with Gasteiger partial charge in [-0.15, -0.1) is 0 Å². The minimum atomic E-state index is -0.165. The van der Waals surface area contributed by atoms with Crippen LogP contribution in [0.2, 0.25) is 0 Å². The molecule has 1 aromatic heterocycles. The molecule has 3 rings (SSSR count). The number of likely N-dealkylation sites (tertiary alicyclic amines) is 1. The van der Waals surface area contributed by atoms with Crippen molar-refractivity contribution < 1.29 is 9.18 Å². The summed E-state index contributed by atoms with van der Waals surface area (Å²) >= 11 is 0. The van der Waals surface area contributed by atoms with Crippen molar-refractivity contribution in [3.8, 4) is 0 Å². The van der Waals surface area contributed by atoms with Crippen molar-refractivity contribution in [1.29, 1.82) is 0 Å². The topological polar surface area (TPSA) is 52.2 Å². The Hall–Kier alpha value is -2.21. The van der Waals surface area contributed by atoms with Crippen LogP contribution in [-0.4, -0.2) is 59.1 Å². The number of carbonyl (C=O) groups is 1. The van der Waals surface area contributed by atoms with E-state index in [9.17, 15) is 9.18 Å². The van der Waals surface area contributed by atoms with E-state index in [2.05, 4.69) is 28.9 Å². The third-order valence-electron chi connectivity index (χ3n) is 5.67. The molecule has 6 heteroatoms. The van der Waals surface area contributed by atoms with Gasteiger partial charge in [0.2, 0.25) is 0 Å². The van der Waals surface area contributed by atoms with Gasteiger partial charge in [-0.25, -0.2) is 4.39 Å². The number of hydrogen-bond donors (Lipinski definition) is 1. The Morgan fingerprint density at radius 3 is 2.76 bits per heavy atom. The molecule has 1 fully saturated rings. The van der Waals surface area contributed by atoms with Crippen LogP contribution in [0, 0.1) is 17.7 Å². The van der Waals surface area contributed by atoms with Crippen LogP contribution in [0.1, 0.15) is 48.4 Å². The summed E-state index contributed by atoms with van der Waals surface area (Å²) in [5.41, 5.74) is 2.58. The molecule has 1 amide bonds. The lowest BCUT2D eigenvalue weighted by atomic mass is 9.96. The highest BCUT2D eigenvalue weighted by molar-refractivity contribution is 5.92. The Labute approximate surface area is 173 Å². The number of piperidine rings is 1. The number of hydrogen-bond acceptors (Lipinski definition) is 3. The SMILES string of the molecule is CC(C)Cc1cc(C(=O)N(C)CC2CCN(CCc3cccc(F)c3)CC2)n[nH]1. The molecule has 1 saturated heterocycles. The first-order chi connectivity index (χ1) is 13.9. The first kappa shape index (κ1) is 21.5. The van der Waals surface area contributed by atoms with Gasteiger partial charge in [0, 0.05) is 25.8 Å². The lowest BCUT2D eigenvalue weighted by Crippen LogP contribution is -2.40. The molecule has 2 heterocycles. The van der Waals surface area contributed by atoms with Gasteiger partial charge in [0.15, 0.2) is 0 Å². The maximum Gasteiger partial charge on any atom is 0.274 e. The summed E-state index contributed by atoms with van der Waals surface area (Å²) in [5.74, 6) is 0.873. The van der Waals surface area contributed by atoms with Crippen molar-refractivity contribution in [2.75, 3.05) is 33.2 Å². The number of H-pyrrole nitrogens is 1. The van der Waals surface area contributed by atoms with Crippen molar-refractivity contribution in [1.82, 2.24) is 20.0 Å². The molecule has 0 unspecified atom stereocenters. The molecule has 0 bridgehead atoms. The van der Waals surface area contributed by atoms with E-state index in [0.29, 0.717) is 17.5 Å². The van der Waals surface area contributed by atoms with Gasteiger partial charge < -0.3 is 9.80 Å². The van der Waals surface area contributed by atoms with Gasteiger partial charge >= 0.3 is 0 Å². The third-order valence-corrected chi connectivity index (χ3v) is 5.67.